The molecule has 0 amide bonds. The highest BCUT2D eigenvalue weighted by molar-refractivity contribution is 5.19. The Hall–Kier alpha value is -0.860. The van der Waals surface area contributed by atoms with Gasteiger partial charge in [-0.2, -0.15) is 0 Å². The smallest absolute Gasteiger partial charge is 0.169 e. The zero-order valence-corrected chi connectivity index (χ0v) is 9.69. The van der Waals surface area contributed by atoms with Crippen molar-refractivity contribution in [1.29, 1.82) is 0 Å². The van der Waals surface area contributed by atoms with Gasteiger partial charge in [-0.3, -0.25) is 0 Å². The van der Waals surface area contributed by atoms with E-state index in [1.54, 1.807) is 0 Å². The minimum atomic E-state index is -0.264. The van der Waals surface area contributed by atoms with Gasteiger partial charge in [0.15, 0.2) is 5.79 Å². The maximum absolute atomic E-state index is 6.19. The summed E-state index contributed by atoms with van der Waals surface area (Å²) in [6.07, 6.45) is 4.85. The molecular weight excluding hydrogens is 200 g/mol. The minimum absolute atomic E-state index is 0.110. The minimum Gasteiger partial charge on any atom is -0.344 e. The first-order valence-corrected chi connectivity index (χ1v) is 6.20. The molecule has 3 rings (SSSR count). The highest BCUT2D eigenvalue weighted by Gasteiger charge is 2.47. The summed E-state index contributed by atoms with van der Waals surface area (Å²) in [6, 6.07) is 10.4. The van der Waals surface area contributed by atoms with E-state index in [0.717, 1.165) is 12.8 Å². The van der Waals surface area contributed by atoms with Crippen LogP contribution in [0.25, 0.3) is 0 Å². The standard InChI is InChI=1S/C14H18O2/c1-11-13(12-7-3-2-4-8-12)16-14(15-11)9-5-6-10-14/h2-4,7-8,11,13H,5-6,9-10H2,1H3/t11-,13+/m1/s1. The van der Waals surface area contributed by atoms with Crippen molar-refractivity contribution in [3.05, 3.63) is 35.9 Å². The molecule has 0 unspecified atom stereocenters. The molecule has 1 saturated carbocycles. The second kappa shape index (κ2) is 3.86. The summed E-state index contributed by atoms with van der Waals surface area (Å²) >= 11 is 0. The molecular formula is C14H18O2. The molecule has 0 N–H and O–H groups in total. The van der Waals surface area contributed by atoms with E-state index < -0.39 is 0 Å². The highest BCUT2D eigenvalue weighted by atomic mass is 16.8. The molecule has 2 nitrogen and oxygen atoms in total. The zero-order chi connectivity index (χ0) is 11.0. The van der Waals surface area contributed by atoms with E-state index in [4.69, 9.17) is 9.47 Å². The average molecular weight is 218 g/mol. The van der Waals surface area contributed by atoms with Crippen LogP contribution in [0.2, 0.25) is 0 Å². The maximum atomic E-state index is 6.19. The summed E-state index contributed by atoms with van der Waals surface area (Å²) in [5.41, 5.74) is 1.23. The van der Waals surface area contributed by atoms with Crippen LogP contribution in [0.1, 0.15) is 44.3 Å². The van der Waals surface area contributed by atoms with E-state index in [1.807, 2.05) is 6.07 Å². The van der Waals surface area contributed by atoms with E-state index in [9.17, 15) is 0 Å². The lowest BCUT2D eigenvalue weighted by atomic mass is 10.1. The second-order valence-corrected chi connectivity index (χ2v) is 4.89. The predicted molar refractivity (Wildman–Crippen MR) is 62.0 cm³/mol. The lowest BCUT2D eigenvalue weighted by Gasteiger charge is -2.21. The van der Waals surface area contributed by atoms with E-state index >= 15 is 0 Å². The largest absolute Gasteiger partial charge is 0.344 e. The topological polar surface area (TPSA) is 18.5 Å². The van der Waals surface area contributed by atoms with Crippen molar-refractivity contribution in [2.24, 2.45) is 0 Å². The van der Waals surface area contributed by atoms with Crippen molar-refractivity contribution in [2.75, 3.05) is 0 Å². The van der Waals surface area contributed by atoms with Gasteiger partial charge in [0.1, 0.15) is 6.10 Å². The summed E-state index contributed by atoms with van der Waals surface area (Å²) in [5, 5.41) is 0. The molecule has 1 aliphatic heterocycles. The van der Waals surface area contributed by atoms with Gasteiger partial charge in [-0.15, -0.1) is 0 Å². The van der Waals surface area contributed by atoms with E-state index in [-0.39, 0.29) is 18.0 Å². The monoisotopic (exact) mass is 218 g/mol. The normalized spacial score (nSPS) is 32.3. The fraction of sp³-hybridized carbons (Fsp3) is 0.571. The van der Waals surface area contributed by atoms with Crippen molar-refractivity contribution in [3.63, 3.8) is 0 Å². The van der Waals surface area contributed by atoms with Crippen LogP contribution in [0.3, 0.4) is 0 Å². The lowest BCUT2D eigenvalue weighted by Crippen LogP contribution is -2.25. The third-order valence-corrected chi connectivity index (χ3v) is 3.66. The molecule has 2 aliphatic rings. The molecule has 1 heterocycles. The fourth-order valence-corrected chi connectivity index (χ4v) is 2.89. The highest BCUT2D eigenvalue weighted by Crippen LogP contribution is 2.46. The molecule has 16 heavy (non-hydrogen) atoms. The first-order chi connectivity index (χ1) is 7.79. The number of benzene rings is 1. The van der Waals surface area contributed by atoms with Gasteiger partial charge in [-0.1, -0.05) is 30.3 Å². The number of hydrogen-bond acceptors (Lipinski definition) is 2. The van der Waals surface area contributed by atoms with Crippen molar-refractivity contribution in [2.45, 2.75) is 50.6 Å². The molecule has 0 radical (unpaired) electrons. The van der Waals surface area contributed by atoms with Gasteiger partial charge in [0.2, 0.25) is 0 Å². The third kappa shape index (κ3) is 1.66. The van der Waals surface area contributed by atoms with Crippen LogP contribution < -0.4 is 0 Å². The van der Waals surface area contributed by atoms with E-state index in [0.29, 0.717) is 0 Å². The zero-order valence-electron chi connectivity index (χ0n) is 9.69. The Morgan fingerprint density at radius 1 is 1.06 bits per heavy atom. The van der Waals surface area contributed by atoms with Gasteiger partial charge in [0.25, 0.3) is 0 Å². The molecule has 2 fully saturated rings. The van der Waals surface area contributed by atoms with Crippen LogP contribution in [0.15, 0.2) is 30.3 Å². The summed E-state index contributed by atoms with van der Waals surface area (Å²) in [6.45, 7) is 2.12. The van der Waals surface area contributed by atoms with E-state index in [2.05, 4.69) is 31.2 Å². The van der Waals surface area contributed by atoms with Gasteiger partial charge in [0.05, 0.1) is 6.10 Å². The molecule has 1 aromatic rings. The summed E-state index contributed by atoms with van der Waals surface area (Å²) in [7, 11) is 0. The Morgan fingerprint density at radius 3 is 2.44 bits per heavy atom. The molecule has 2 heteroatoms. The Morgan fingerprint density at radius 2 is 1.75 bits per heavy atom. The Labute approximate surface area is 96.6 Å². The summed E-state index contributed by atoms with van der Waals surface area (Å²) < 4.78 is 12.2. The summed E-state index contributed by atoms with van der Waals surface area (Å²) in [5.74, 6) is -0.264. The molecule has 1 saturated heterocycles. The van der Waals surface area contributed by atoms with Gasteiger partial charge in [-0.05, 0) is 25.3 Å². The van der Waals surface area contributed by atoms with Gasteiger partial charge in [0, 0.05) is 12.8 Å². The third-order valence-electron chi connectivity index (χ3n) is 3.66. The molecule has 0 aromatic heterocycles. The number of rotatable bonds is 1. The quantitative estimate of drug-likeness (QED) is 0.719. The van der Waals surface area contributed by atoms with Crippen molar-refractivity contribution >= 4 is 0 Å². The van der Waals surface area contributed by atoms with Crippen molar-refractivity contribution < 1.29 is 9.47 Å². The number of hydrogen-bond donors (Lipinski definition) is 0. The van der Waals surface area contributed by atoms with Crippen LogP contribution in [-0.2, 0) is 9.47 Å². The predicted octanol–water partition coefficient (Wildman–Crippen LogP) is 3.43. The van der Waals surface area contributed by atoms with E-state index in [1.165, 1.54) is 18.4 Å². The van der Waals surface area contributed by atoms with Crippen molar-refractivity contribution in [3.8, 4) is 0 Å². The Balaban J connectivity index is 1.83. The molecule has 86 valence electrons. The van der Waals surface area contributed by atoms with Crippen molar-refractivity contribution in [1.82, 2.24) is 0 Å². The Bertz CT molecular complexity index is 354. The second-order valence-electron chi connectivity index (χ2n) is 4.89. The van der Waals surface area contributed by atoms with Gasteiger partial charge >= 0.3 is 0 Å². The first kappa shape index (κ1) is 10.3. The summed E-state index contributed by atoms with van der Waals surface area (Å²) in [4.78, 5) is 0. The van der Waals surface area contributed by atoms with Crippen LogP contribution in [0, 0.1) is 0 Å². The lowest BCUT2D eigenvalue weighted by molar-refractivity contribution is -0.168. The Kier molecular flexibility index (Phi) is 2.49. The molecule has 0 bridgehead atoms. The maximum Gasteiger partial charge on any atom is 0.169 e. The van der Waals surface area contributed by atoms with Crippen LogP contribution >= 0.6 is 0 Å². The van der Waals surface area contributed by atoms with Crippen LogP contribution in [-0.4, -0.2) is 11.9 Å². The molecule has 1 spiro atoms. The van der Waals surface area contributed by atoms with Gasteiger partial charge < -0.3 is 9.47 Å². The SMILES string of the molecule is C[C@H]1OC2(CCCC2)O[C@@H]1c1ccccc1. The average Bonchev–Trinajstić information content (AvgIpc) is 2.88. The fourth-order valence-electron chi connectivity index (χ4n) is 2.89. The van der Waals surface area contributed by atoms with Gasteiger partial charge in [-0.25, -0.2) is 0 Å². The first-order valence-electron chi connectivity index (χ1n) is 6.20. The molecule has 1 aromatic carbocycles. The molecule has 1 aliphatic carbocycles. The molecule has 2 atom stereocenters. The van der Waals surface area contributed by atoms with Crippen LogP contribution in [0.4, 0.5) is 0 Å². The number of ether oxygens (including phenoxy) is 2. The van der Waals surface area contributed by atoms with Crippen LogP contribution in [0.5, 0.6) is 0 Å².